The molecule has 0 radical (unpaired) electrons. The molecule has 0 saturated carbocycles. The van der Waals surface area contributed by atoms with Gasteiger partial charge in [0.1, 0.15) is 11.5 Å². The van der Waals surface area contributed by atoms with Crippen LogP contribution in [0.15, 0.2) is 41.5 Å². The van der Waals surface area contributed by atoms with Gasteiger partial charge in [-0.05, 0) is 51.0 Å². The zero-order chi connectivity index (χ0) is 18.4. The first-order chi connectivity index (χ1) is 11.8. The predicted octanol–water partition coefficient (Wildman–Crippen LogP) is 3.49. The van der Waals surface area contributed by atoms with Crippen LogP contribution in [0.3, 0.4) is 0 Å². The van der Waals surface area contributed by atoms with Crippen molar-refractivity contribution in [2.24, 2.45) is 5.10 Å². The summed E-state index contributed by atoms with van der Waals surface area (Å²) in [5, 5.41) is 13.9. The van der Waals surface area contributed by atoms with Crippen LogP contribution in [0.25, 0.3) is 0 Å². The Labute approximate surface area is 148 Å². The Bertz CT molecular complexity index is 783. The van der Waals surface area contributed by atoms with Crippen LogP contribution in [0.1, 0.15) is 36.1 Å². The fraction of sp³-hybridized carbons (Fsp3) is 0.300. The maximum Gasteiger partial charge on any atom is 0.244 e. The van der Waals surface area contributed by atoms with Crippen molar-refractivity contribution in [1.29, 1.82) is 0 Å². The zero-order valence-corrected chi connectivity index (χ0v) is 15.0. The molecule has 0 bridgehead atoms. The summed E-state index contributed by atoms with van der Waals surface area (Å²) in [4.78, 5) is 12.0. The van der Waals surface area contributed by atoms with Crippen molar-refractivity contribution in [1.82, 2.24) is 5.43 Å². The summed E-state index contributed by atoms with van der Waals surface area (Å²) in [6, 6.07) is 10.9. The lowest BCUT2D eigenvalue weighted by molar-refractivity contribution is -0.120. The highest BCUT2D eigenvalue weighted by molar-refractivity contribution is 5.85. The van der Waals surface area contributed by atoms with Crippen molar-refractivity contribution in [3.8, 4) is 11.5 Å². The summed E-state index contributed by atoms with van der Waals surface area (Å²) in [5.74, 6) is 0.427. The molecule has 5 nitrogen and oxygen atoms in total. The maximum absolute atomic E-state index is 12.0. The number of aromatic hydroxyl groups is 1. The number of nitrogens with zero attached hydrogens (tertiary/aromatic N) is 1. The lowest BCUT2D eigenvalue weighted by atomic mass is 10.0. The van der Waals surface area contributed by atoms with E-state index in [1.165, 1.54) is 17.8 Å². The van der Waals surface area contributed by atoms with Crippen molar-refractivity contribution in [3.05, 3.63) is 58.7 Å². The minimum absolute atomic E-state index is 0.0310. The summed E-state index contributed by atoms with van der Waals surface area (Å²) in [6.45, 7) is 7.83. The van der Waals surface area contributed by atoms with Crippen LogP contribution in [0, 0.1) is 13.8 Å². The summed E-state index contributed by atoms with van der Waals surface area (Å²) >= 11 is 0. The van der Waals surface area contributed by atoms with E-state index < -0.39 is 0 Å². The second kappa shape index (κ2) is 8.33. The number of carbonyl (C=O) groups excluding carboxylic acids is 1. The number of benzene rings is 2. The lowest BCUT2D eigenvalue weighted by Crippen LogP contribution is -2.20. The van der Waals surface area contributed by atoms with Gasteiger partial charge in [0, 0.05) is 11.6 Å². The number of phenolic OH excluding ortho intramolecular Hbond substituents is 1. The van der Waals surface area contributed by atoms with Crippen LogP contribution in [0.4, 0.5) is 0 Å². The highest BCUT2D eigenvalue weighted by Crippen LogP contribution is 2.23. The molecule has 0 spiro atoms. The number of aryl methyl sites for hydroxylation is 2. The molecule has 0 saturated heterocycles. The third-order valence-electron chi connectivity index (χ3n) is 3.62. The highest BCUT2D eigenvalue weighted by atomic mass is 16.5. The number of hydrazone groups is 1. The number of hydrogen-bond donors (Lipinski definition) is 2. The number of carbonyl (C=O) groups is 1. The number of amides is 1. The molecule has 2 aromatic rings. The Morgan fingerprint density at radius 1 is 1.24 bits per heavy atom. The van der Waals surface area contributed by atoms with Crippen molar-refractivity contribution in [3.63, 3.8) is 0 Å². The minimum atomic E-state index is -0.206. The van der Waals surface area contributed by atoms with Gasteiger partial charge in [-0.3, -0.25) is 4.79 Å². The van der Waals surface area contributed by atoms with Crippen LogP contribution < -0.4 is 10.2 Å². The smallest absolute Gasteiger partial charge is 0.244 e. The van der Waals surface area contributed by atoms with E-state index in [0.29, 0.717) is 11.3 Å². The van der Waals surface area contributed by atoms with Crippen molar-refractivity contribution in [2.75, 3.05) is 0 Å². The number of ether oxygens (including phenoxy) is 1. The van der Waals surface area contributed by atoms with Gasteiger partial charge in [-0.2, -0.15) is 5.10 Å². The number of hydrogen-bond acceptors (Lipinski definition) is 4. The molecule has 0 heterocycles. The Balaban J connectivity index is 1.95. The van der Waals surface area contributed by atoms with E-state index in [4.69, 9.17) is 4.74 Å². The van der Waals surface area contributed by atoms with Crippen LogP contribution in [0.5, 0.6) is 11.5 Å². The number of nitrogens with one attached hydrogen (secondary N) is 1. The Morgan fingerprint density at radius 2 is 2.00 bits per heavy atom. The molecule has 25 heavy (non-hydrogen) atoms. The third-order valence-corrected chi connectivity index (χ3v) is 3.62. The van der Waals surface area contributed by atoms with Crippen LogP contribution in [-0.2, 0) is 11.2 Å². The van der Waals surface area contributed by atoms with E-state index in [9.17, 15) is 9.90 Å². The normalized spacial score (nSPS) is 11.1. The topological polar surface area (TPSA) is 70.9 Å². The Kier molecular flexibility index (Phi) is 6.17. The number of rotatable bonds is 6. The zero-order valence-electron chi connectivity index (χ0n) is 15.0. The Morgan fingerprint density at radius 3 is 2.64 bits per heavy atom. The van der Waals surface area contributed by atoms with Gasteiger partial charge in [-0.1, -0.05) is 23.8 Å². The van der Waals surface area contributed by atoms with Crippen molar-refractivity contribution in [2.45, 2.75) is 40.2 Å². The molecular weight excluding hydrogens is 316 g/mol. The molecule has 5 heteroatoms. The maximum atomic E-state index is 12.0. The fourth-order valence-electron chi connectivity index (χ4n) is 2.41. The standard InChI is InChI=1S/C20H24N2O3/c1-13(2)25-18-8-7-17(19(23)11-18)12-21-22-20(24)10-16-6-5-14(3)9-15(16)4/h5-9,11-13,23H,10H2,1-4H3,(H,22,24)/b21-12-. The molecule has 0 aliphatic heterocycles. The molecule has 0 aromatic heterocycles. The first-order valence-electron chi connectivity index (χ1n) is 8.23. The molecule has 0 aliphatic carbocycles. The molecule has 132 valence electrons. The van der Waals surface area contributed by atoms with Gasteiger partial charge in [0.25, 0.3) is 0 Å². The van der Waals surface area contributed by atoms with E-state index in [1.54, 1.807) is 12.1 Å². The average Bonchev–Trinajstić information content (AvgIpc) is 2.51. The second-order valence-electron chi connectivity index (χ2n) is 6.29. The van der Waals surface area contributed by atoms with Crippen molar-refractivity contribution >= 4 is 12.1 Å². The second-order valence-corrected chi connectivity index (χ2v) is 6.29. The summed E-state index contributed by atoms with van der Waals surface area (Å²) in [6.07, 6.45) is 1.70. The SMILES string of the molecule is Cc1ccc(CC(=O)N/N=C\c2ccc(OC(C)C)cc2O)c(C)c1. The predicted molar refractivity (Wildman–Crippen MR) is 99.2 cm³/mol. The Hall–Kier alpha value is -2.82. The monoisotopic (exact) mass is 340 g/mol. The third kappa shape index (κ3) is 5.64. The van der Waals surface area contributed by atoms with E-state index in [-0.39, 0.29) is 24.2 Å². The molecule has 0 atom stereocenters. The van der Waals surface area contributed by atoms with Gasteiger partial charge in [-0.25, -0.2) is 5.43 Å². The number of phenols is 1. The summed E-state index contributed by atoms with van der Waals surface area (Å²) in [5.41, 5.74) is 6.20. The van der Waals surface area contributed by atoms with Crippen molar-refractivity contribution < 1.29 is 14.6 Å². The van der Waals surface area contributed by atoms with E-state index in [0.717, 1.165) is 11.1 Å². The molecule has 2 N–H and O–H groups in total. The lowest BCUT2D eigenvalue weighted by Gasteiger charge is -2.10. The quantitative estimate of drug-likeness (QED) is 0.625. The molecular formula is C20H24N2O3. The van der Waals surface area contributed by atoms with Crippen LogP contribution in [-0.4, -0.2) is 23.3 Å². The molecule has 2 aromatic carbocycles. The van der Waals surface area contributed by atoms with E-state index >= 15 is 0 Å². The first-order valence-corrected chi connectivity index (χ1v) is 8.23. The average molecular weight is 340 g/mol. The van der Waals surface area contributed by atoms with Gasteiger partial charge in [-0.15, -0.1) is 0 Å². The van der Waals surface area contributed by atoms with Gasteiger partial charge >= 0.3 is 0 Å². The molecule has 2 rings (SSSR count). The molecule has 0 fully saturated rings. The van der Waals surface area contributed by atoms with Gasteiger partial charge in [0.05, 0.1) is 18.7 Å². The van der Waals surface area contributed by atoms with Gasteiger partial charge in [0.15, 0.2) is 0 Å². The van der Waals surface area contributed by atoms with Crippen LogP contribution >= 0.6 is 0 Å². The summed E-state index contributed by atoms with van der Waals surface area (Å²) < 4.78 is 5.50. The molecule has 0 aliphatic rings. The van der Waals surface area contributed by atoms with Gasteiger partial charge in [0.2, 0.25) is 5.91 Å². The fourth-order valence-corrected chi connectivity index (χ4v) is 2.41. The largest absolute Gasteiger partial charge is 0.507 e. The van der Waals surface area contributed by atoms with Crippen LogP contribution in [0.2, 0.25) is 0 Å². The molecule has 1 amide bonds. The summed E-state index contributed by atoms with van der Waals surface area (Å²) in [7, 11) is 0. The highest BCUT2D eigenvalue weighted by Gasteiger charge is 2.06. The van der Waals surface area contributed by atoms with Gasteiger partial charge < -0.3 is 9.84 Å². The first kappa shape index (κ1) is 18.5. The minimum Gasteiger partial charge on any atom is -0.507 e. The van der Waals surface area contributed by atoms with E-state index in [1.807, 2.05) is 45.9 Å². The molecule has 0 unspecified atom stereocenters. The van der Waals surface area contributed by atoms with E-state index in [2.05, 4.69) is 10.5 Å².